The van der Waals surface area contributed by atoms with Gasteiger partial charge in [0.05, 0.1) is 18.0 Å². The second-order valence-corrected chi connectivity index (χ2v) is 1.97. The van der Waals surface area contributed by atoms with E-state index in [0.717, 1.165) is 18.5 Å². The highest BCUT2D eigenvalue weighted by atomic mass is 15.3. The van der Waals surface area contributed by atoms with Crippen LogP contribution in [0.3, 0.4) is 0 Å². The second kappa shape index (κ2) is 3.62. The summed E-state index contributed by atoms with van der Waals surface area (Å²) in [6.45, 7) is 0. The van der Waals surface area contributed by atoms with Crippen molar-refractivity contribution in [2.24, 2.45) is 0 Å². The van der Waals surface area contributed by atoms with Crippen molar-refractivity contribution in [1.82, 2.24) is 15.4 Å². The third-order valence-corrected chi connectivity index (χ3v) is 1.19. The number of unbranched alkanes of at least 4 members (excludes halogenated alkanes) is 1. The molecule has 1 aromatic rings. The van der Waals surface area contributed by atoms with Gasteiger partial charge in [-0.3, -0.25) is 0 Å². The van der Waals surface area contributed by atoms with Crippen LogP contribution in [-0.2, 0) is 6.42 Å². The first-order valence-corrected chi connectivity index (χ1v) is 3.15. The third-order valence-electron chi connectivity index (χ3n) is 1.19. The zero-order valence-corrected chi connectivity index (χ0v) is 5.54. The molecule has 0 saturated heterocycles. The zero-order chi connectivity index (χ0) is 7.23. The van der Waals surface area contributed by atoms with E-state index in [9.17, 15) is 0 Å². The molecule has 1 aromatic heterocycles. The molecule has 0 aliphatic carbocycles. The highest BCUT2D eigenvalue weighted by Crippen LogP contribution is 1.97. The van der Waals surface area contributed by atoms with Gasteiger partial charge in [0.2, 0.25) is 0 Å². The summed E-state index contributed by atoms with van der Waals surface area (Å²) in [5.74, 6) is 0. The van der Waals surface area contributed by atoms with Crippen LogP contribution >= 0.6 is 0 Å². The van der Waals surface area contributed by atoms with Gasteiger partial charge < -0.3 is 0 Å². The predicted octanol–water partition coefficient (Wildman–Crippen LogP) is 0.651. The normalized spacial score (nSPS) is 9.10. The number of aryl methyl sites for hydroxylation is 1. The van der Waals surface area contributed by atoms with Gasteiger partial charge in [0.25, 0.3) is 0 Å². The van der Waals surface area contributed by atoms with Crippen molar-refractivity contribution in [1.29, 1.82) is 5.26 Å². The molecule has 0 spiro atoms. The lowest BCUT2D eigenvalue weighted by molar-refractivity contribution is 0.811. The molecule has 0 aromatic carbocycles. The van der Waals surface area contributed by atoms with E-state index in [1.807, 2.05) is 0 Å². The van der Waals surface area contributed by atoms with Crippen molar-refractivity contribution < 1.29 is 0 Å². The molecule has 0 amide bonds. The van der Waals surface area contributed by atoms with Crippen LogP contribution in [0.4, 0.5) is 0 Å². The topological polar surface area (TPSA) is 65.4 Å². The van der Waals surface area contributed by atoms with Crippen LogP contribution in [0.25, 0.3) is 0 Å². The van der Waals surface area contributed by atoms with Gasteiger partial charge in [-0.1, -0.05) is 0 Å². The van der Waals surface area contributed by atoms with Gasteiger partial charge in [-0.15, -0.1) is 0 Å². The van der Waals surface area contributed by atoms with E-state index in [0.29, 0.717) is 6.42 Å². The maximum absolute atomic E-state index is 8.20. The molecule has 1 rings (SSSR count). The Morgan fingerprint density at radius 2 is 2.60 bits per heavy atom. The molecule has 0 saturated carbocycles. The van der Waals surface area contributed by atoms with Gasteiger partial charge in [-0.2, -0.15) is 20.7 Å². The summed E-state index contributed by atoms with van der Waals surface area (Å²) in [5.41, 5.74) is 0.926. The minimum atomic E-state index is 0.590. The van der Waals surface area contributed by atoms with E-state index in [4.69, 9.17) is 5.26 Å². The Balaban J connectivity index is 2.23. The average molecular weight is 136 g/mol. The monoisotopic (exact) mass is 136 g/mol. The standard InChI is InChI=1S/C6H8N4/c7-4-2-1-3-6-5-8-10-9-6/h5H,1-3H2,(H,8,9,10). The lowest BCUT2D eigenvalue weighted by Gasteiger charge is -1.86. The van der Waals surface area contributed by atoms with E-state index in [2.05, 4.69) is 21.5 Å². The zero-order valence-electron chi connectivity index (χ0n) is 5.54. The van der Waals surface area contributed by atoms with Crippen LogP contribution in [0, 0.1) is 11.3 Å². The summed E-state index contributed by atoms with van der Waals surface area (Å²) in [7, 11) is 0. The van der Waals surface area contributed by atoms with Crippen LogP contribution in [0.1, 0.15) is 18.5 Å². The molecule has 0 radical (unpaired) electrons. The number of H-pyrrole nitrogens is 1. The first-order valence-electron chi connectivity index (χ1n) is 3.15. The molecule has 1 N–H and O–H groups in total. The van der Waals surface area contributed by atoms with Gasteiger partial charge >= 0.3 is 0 Å². The highest BCUT2D eigenvalue weighted by molar-refractivity contribution is 4.90. The lowest BCUT2D eigenvalue weighted by atomic mass is 10.2. The third kappa shape index (κ3) is 1.86. The number of nitriles is 1. The molecular formula is C6H8N4. The quantitative estimate of drug-likeness (QED) is 0.620. The van der Waals surface area contributed by atoms with Crippen LogP contribution in [0.2, 0.25) is 0 Å². The molecule has 0 bridgehead atoms. The van der Waals surface area contributed by atoms with Crippen LogP contribution in [0.5, 0.6) is 0 Å². The van der Waals surface area contributed by atoms with Crippen molar-refractivity contribution in [2.75, 3.05) is 0 Å². The first-order chi connectivity index (χ1) is 4.93. The maximum Gasteiger partial charge on any atom is 0.0825 e. The number of hydrogen-bond donors (Lipinski definition) is 1. The molecule has 0 aliphatic rings. The SMILES string of the molecule is N#CCCCc1cn[nH]n1. The lowest BCUT2D eigenvalue weighted by Crippen LogP contribution is -1.83. The number of hydrogen-bond acceptors (Lipinski definition) is 3. The van der Waals surface area contributed by atoms with Gasteiger partial charge in [0.1, 0.15) is 0 Å². The van der Waals surface area contributed by atoms with Crippen molar-refractivity contribution in [3.8, 4) is 6.07 Å². The fourth-order valence-electron chi connectivity index (χ4n) is 0.694. The van der Waals surface area contributed by atoms with Crippen molar-refractivity contribution in [2.45, 2.75) is 19.3 Å². The van der Waals surface area contributed by atoms with Crippen molar-refractivity contribution >= 4 is 0 Å². The van der Waals surface area contributed by atoms with Gasteiger partial charge in [0.15, 0.2) is 0 Å². The smallest absolute Gasteiger partial charge is 0.0825 e. The largest absolute Gasteiger partial charge is 0.198 e. The Morgan fingerprint density at radius 3 is 3.20 bits per heavy atom. The number of rotatable bonds is 3. The molecule has 4 nitrogen and oxygen atoms in total. The van der Waals surface area contributed by atoms with Gasteiger partial charge in [-0.05, 0) is 12.8 Å². The maximum atomic E-state index is 8.20. The minimum absolute atomic E-state index is 0.590. The molecule has 0 unspecified atom stereocenters. The van der Waals surface area contributed by atoms with Gasteiger partial charge in [0, 0.05) is 6.42 Å². The number of nitrogens with zero attached hydrogens (tertiary/aromatic N) is 3. The van der Waals surface area contributed by atoms with Crippen LogP contribution < -0.4 is 0 Å². The first kappa shape index (κ1) is 6.75. The summed E-state index contributed by atoms with van der Waals surface area (Å²) in [5, 5.41) is 18.2. The fraction of sp³-hybridized carbons (Fsp3) is 0.500. The molecule has 4 heteroatoms. The molecule has 0 atom stereocenters. The summed E-state index contributed by atoms with van der Waals surface area (Å²) in [6.07, 6.45) is 3.97. The average Bonchev–Trinajstić information content (AvgIpc) is 2.41. The number of aromatic nitrogens is 3. The van der Waals surface area contributed by atoms with E-state index < -0.39 is 0 Å². The molecule has 1 heterocycles. The molecular weight excluding hydrogens is 128 g/mol. The number of aromatic amines is 1. The summed E-state index contributed by atoms with van der Waals surface area (Å²) in [4.78, 5) is 0. The summed E-state index contributed by atoms with van der Waals surface area (Å²) < 4.78 is 0. The fourth-order valence-corrected chi connectivity index (χ4v) is 0.694. The van der Waals surface area contributed by atoms with Crippen LogP contribution in [0.15, 0.2) is 6.20 Å². The predicted molar refractivity (Wildman–Crippen MR) is 34.9 cm³/mol. The van der Waals surface area contributed by atoms with Crippen molar-refractivity contribution in [3.63, 3.8) is 0 Å². The molecule has 0 fully saturated rings. The molecule has 0 aliphatic heterocycles. The Labute approximate surface area is 58.9 Å². The summed E-state index contributed by atoms with van der Waals surface area (Å²) >= 11 is 0. The van der Waals surface area contributed by atoms with Crippen molar-refractivity contribution in [3.05, 3.63) is 11.9 Å². The van der Waals surface area contributed by atoms with E-state index >= 15 is 0 Å². The second-order valence-electron chi connectivity index (χ2n) is 1.97. The van der Waals surface area contributed by atoms with Crippen LogP contribution in [-0.4, -0.2) is 15.4 Å². The number of nitrogens with one attached hydrogen (secondary N) is 1. The minimum Gasteiger partial charge on any atom is -0.198 e. The van der Waals surface area contributed by atoms with E-state index in [-0.39, 0.29) is 0 Å². The Bertz CT molecular complexity index is 208. The Kier molecular flexibility index (Phi) is 2.44. The highest BCUT2D eigenvalue weighted by Gasteiger charge is 1.93. The van der Waals surface area contributed by atoms with Gasteiger partial charge in [-0.25, -0.2) is 0 Å². The molecule has 10 heavy (non-hydrogen) atoms. The van der Waals surface area contributed by atoms with E-state index in [1.165, 1.54) is 0 Å². The molecule has 52 valence electrons. The Hall–Kier alpha value is -1.37. The van der Waals surface area contributed by atoms with E-state index in [1.54, 1.807) is 6.20 Å². The Morgan fingerprint density at radius 1 is 1.70 bits per heavy atom. The summed E-state index contributed by atoms with van der Waals surface area (Å²) in [6, 6.07) is 2.07.